The summed E-state index contributed by atoms with van der Waals surface area (Å²) in [4.78, 5) is 12.4. The van der Waals surface area contributed by atoms with Crippen LogP contribution in [0.2, 0.25) is 0 Å². The molecule has 3 N–H and O–H groups in total. The Hall–Kier alpha value is -1.98. The summed E-state index contributed by atoms with van der Waals surface area (Å²) in [5.41, 5.74) is -1.54. The molecule has 3 aliphatic rings. The number of nitrogens with zero attached hydrogens (tertiary/aromatic N) is 3. The van der Waals surface area contributed by atoms with Gasteiger partial charge in [0, 0.05) is 43.3 Å². The number of aromatic nitrogens is 3. The number of anilines is 2. The fraction of sp³-hybridized carbons (Fsp3) is 0.706. The van der Waals surface area contributed by atoms with Crippen LogP contribution in [-0.2, 0) is 0 Å². The molecule has 1 atom stereocenters. The summed E-state index contributed by atoms with van der Waals surface area (Å²) in [7, 11) is 1.36. The van der Waals surface area contributed by atoms with E-state index in [0.29, 0.717) is 6.42 Å². The molecule has 0 aliphatic heterocycles. The van der Waals surface area contributed by atoms with Gasteiger partial charge in [0.2, 0.25) is 11.9 Å². The van der Waals surface area contributed by atoms with E-state index in [2.05, 4.69) is 25.6 Å². The van der Waals surface area contributed by atoms with Crippen LogP contribution in [0.5, 0.6) is 0 Å². The van der Waals surface area contributed by atoms with Crippen LogP contribution < -0.4 is 10.6 Å². The molecule has 2 saturated carbocycles. The fourth-order valence-corrected chi connectivity index (χ4v) is 3.90. The minimum absolute atomic E-state index is 0.0328. The van der Waals surface area contributed by atoms with E-state index in [0.717, 1.165) is 0 Å². The lowest BCUT2D eigenvalue weighted by Crippen LogP contribution is -2.45. The molecule has 1 heterocycles. The van der Waals surface area contributed by atoms with Crippen LogP contribution in [0.15, 0.2) is 5.83 Å². The van der Waals surface area contributed by atoms with Crippen molar-refractivity contribution in [3.8, 4) is 0 Å². The molecule has 29 heavy (non-hydrogen) atoms. The molecular formula is C17H21BF5N5O. The van der Waals surface area contributed by atoms with Gasteiger partial charge in [0.1, 0.15) is 5.83 Å². The van der Waals surface area contributed by atoms with Crippen LogP contribution in [0.1, 0.15) is 50.8 Å². The largest absolute Gasteiger partial charge is 0.392 e. The third kappa shape index (κ3) is 4.31. The van der Waals surface area contributed by atoms with Crippen molar-refractivity contribution < 1.29 is 27.1 Å². The van der Waals surface area contributed by atoms with Crippen molar-refractivity contribution in [3.63, 3.8) is 0 Å². The number of aliphatic hydroxyl groups is 1. The average Bonchev–Trinajstić information content (AvgIpc) is 2.54. The molecule has 0 amide bonds. The molecule has 0 radical (unpaired) electrons. The van der Waals surface area contributed by atoms with Gasteiger partial charge in [-0.1, -0.05) is 0 Å². The first-order chi connectivity index (χ1) is 13.4. The molecule has 0 spiro atoms. The van der Waals surface area contributed by atoms with Gasteiger partial charge in [-0.2, -0.15) is 15.0 Å². The second-order valence-electron chi connectivity index (χ2n) is 8.44. The third-order valence-corrected chi connectivity index (χ3v) is 5.58. The lowest BCUT2D eigenvalue weighted by atomic mass is 9.71. The lowest BCUT2D eigenvalue weighted by Gasteiger charge is -2.36. The van der Waals surface area contributed by atoms with Crippen LogP contribution in [0.3, 0.4) is 0 Å². The summed E-state index contributed by atoms with van der Waals surface area (Å²) in [6.07, 6.45) is -0.466. The van der Waals surface area contributed by atoms with Crippen LogP contribution in [0.25, 0.3) is 5.57 Å². The summed E-state index contributed by atoms with van der Waals surface area (Å²) in [5, 5.41) is 15.8. The van der Waals surface area contributed by atoms with Gasteiger partial charge in [-0.15, -0.1) is 0 Å². The molecule has 3 aliphatic carbocycles. The summed E-state index contributed by atoms with van der Waals surface area (Å²) >= 11 is 0. The van der Waals surface area contributed by atoms with Gasteiger partial charge in [-0.05, 0) is 19.3 Å². The predicted molar refractivity (Wildman–Crippen MR) is 98.4 cm³/mol. The number of allylic oxidation sites excluding steroid dienone is 1. The molecule has 158 valence electrons. The molecule has 1 aromatic heterocycles. The van der Waals surface area contributed by atoms with Gasteiger partial charge in [0.25, 0.3) is 11.8 Å². The topological polar surface area (TPSA) is 83.0 Å². The Balaban J connectivity index is 1.61. The molecule has 0 bridgehead atoms. The van der Waals surface area contributed by atoms with Gasteiger partial charge in [-0.3, -0.25) is 0 Å². The van der Waals surface area contributed by atoms with Crippen molar-refractivity contribution in [2.75, 3.05) is 10.6 Å². The molecule has 12 heteroatoms. The summed E-state index contributed by atoms with van der Waals surface area (Å²) < 4.78 is 67.2. The molecule has 2 fully saturated rings. The molecule has 0 aromatic carbocycles. The zero-order valence-corrected chi connectivity index (χ0v) is 15.8. The van der Waals surface area contributed by atoms with Gasteiger partial charge < -0.3 is 15.7 Å². The number of halogens is 5. The maximum absolute atomic E-state index is 14.7. The first kappa shape index (κ1) is 20.3. The van der Waals surface area contributed by atoms with Crippen molar-refractivity contribution >= 4 is 25.3 Å². The highest BCUT2D eigenvalue weighted by atomic mass is 19.3. The molecule has 1 aromatic rings. The maximum Gasteiger partial charge on any atom is 0.252 e. The summed E-state index contributed by atoms with van der Waals surface area (Å²) in [5.74, 6) is -6.35. The lowest BCUT2D eigenvalue weighted by molar-refractivity contribution is -0.0799. The van der Waals surface area contributed by atoms with Gasteiger partial charge >= 0.3 is 0 Å². The Labute approximate surface area is 164 Å². The normalized spacial score (nSPS) is 29.2. The molecule has 0 saturated heterocycles. The maximum atomic E-state index is 14.7. The second-order valence-corrected chi connectivity index (χ2v) is 8.44. The second kappa shape index (κ2) is 6.78. The summed E-state index contributed by atoms with van der Waals surface area (Å²) in [6.45, 7) is 0. The fourth-order valence-electron chi connectivity index (χ4n) is 3.90. The van der Waals surface area contributed by atoms with Gasteiger partial charge in [0.15, 0.2) is 13.7 Å². The number of rotatable bonds is 5. The molecule has 4 rings (SSSR count). The number of hydrogen-bond donors (Lipinski definition) is 3. The van der Waals surface area contributed by atoms with E-state index in [1.54, 1.807) is 0 Å². The molecule has 0 unspecified atom stereocenters. The number of alkyl halides is 4. The highest BCUT2D eigenvalue weighted by Crippen LogP contribution is 2.41. The van der Waals surface area contributed by atoms with Crippen molar-refractivity contribution in [2.45, 2.75) is 74.4 Å². The van der Waals surface area contributed by atoms with Crippen molar-refractivity contribution in [1.29, 1.82) is 0 Å². The quantitative estimate of drug-likeness (QED) is 0.505. The minimum atomic E-state index is -2.75. The zero-order chi connectivity index (χ0) is 21.0. The van der Waals surface area contributed by atoms with Crippen LogP contribution in [0.4, 0.5) is 33.8 Å². The van der Waals surface area contributed by atoms with Crippen LogP contribution >= 0.6 is 0 Å². The number of hydrogen-bond acceptors (Lipinski definition) is 6. The van der Waals surface area contributed by atoms with Gasteiger partial charge in [-0.25, -0.2) is 22.0 Å². The summed E-state index contributed by atoms with van der Waals surface area (Å²) in [6, 6.07) is -1.09. The van der Waals surface area contributed by atoms with E-state index in [-0.39, 0.29) is 61.8 Å². The Bertz CT molecular complexity index is 789. The van der Waals surface area contributed by atoms with Crippen molar-refractivity contribution in [2.24, 2.45) is 0 Å². The first-order valence-corrected chi connectivity index (χ1v) is 9.59. The van der Waals surface area contributed by atoms with E-state index in [9.17, 15) is 27.1 Å². The molecular weight excluding hydrogens is 396 g/mol. The smallest absolute Gasteiger partial charge is 0.252 e. The van der Waals surface area contributed by atoms with E-state index in [1.165, 1.54) is 7.85 Å². The predicted octanol–water partition coefficient (Wildman–Crippen LogP) is 2.48. The minimum Gasteiger partial charge on any atom is -0.392 e. The Morgan fingerprint density at radius 3 is 1.83 bits per heavy atom. The van der Waals surface area contributed by atoms with Crippen molar-refractivity contribution in [1.82, 2.24) is 15.0 Å². The monoisotopic (exact) mass is 417 g/mol. The SMILES string of the molecule is B[C@]1(O)CCCC(c2nc(NC3CC(F)(F)C3)nc(NC3CC(F)(F)C3)n2)=C1F. The standard InChI is InChI=1S/C17H21BF5N5O/c18-17(29)3-1-2-10(11(17)19)12-26-13(24-8-4-15(20,21)5-8)28-14(27-12)25-9-6-16(22,23)7-9/h8-9,29H,1-7,18H2,(H2,24,25,26,27,28)/t17-/m0/s1. The third-order valence-electron chi connectivity index (χ3n) is 5.58. The van der Waals surface area contributed by atoms with Gasteiger partial charge in [0.05, 0.1) is 5.50 Å². The Morgan fingerprint density at radius 2 is 1.38 bits per heavy atom. The van der Waals surface area contributed by atoms with Crippen LogP contribution in [-0.4, -0.2) is 57.3 Å². The Morgan fingerprint density at radius 1 is 0.897 bits per heavy atom. The molecule has 6 nitrogen and oxygen atoms in total. The Kier molecular flexibility index (Phi) is 4.75. The van der Waals surface area contributed by atoms with E-state index in [1.807, 2.05) is 0 Å². The highest BCUT2D eigenvalue weighted by molar-refractivity contribution is 6.17. The van der Waals surface area contributed by atoms with E-state index in [4.69, 9.17) is 0 Å². The zero-order valence-electron chi connectivity index (χ0n) is 15.8. The van der Waals surface area contributed by atoms with E-state index >= 15 is 0 Å². The highest BCUT2D eigenvalue weighted by Gasteiger charge is 2.47. The van der Waals surface area contributed by atoms with E-state index < -0.39 is 35.3 Å². The van der Waals surface area contributed by atoms with Crippen LogP contribution in [0, 0.1) is 0 Å². The average molecular weight is 417 g/mol. The first-order valence-electron chi connectivity index (χ1n) is 9.59. The van der Waals surface area contributed by atoms with Crippen molar-refractivity contribution in [3.05, 3.63) is 11.7 Å². The number of nitrogens with one attached hydrogen (secondary N) is 2.